The van der Waals surface area contributed by atoms with E-state index in [9.17, 15) is 9.18 Å². The first-order valence-electron chi connectivity index (χ1n) is 7.56. The molecule has 1 saturated heterocycles. The molecule has 2 rings (SSSR count). The number of amides is 1. The number of halogens is 1. The fraction of sp³-hybridized carbons (Fsp3) is 0.471. The number of carbonyl (C=O) groups is 1. The van der Waals surface area contributed by atoms with Crippen LogP contribution in [0, 0.1) is 11.7 Å². The number of piperidine rings is 1. The molecule has 1 aliphatic rings. The van der Waals surface area contributed by atoms with Crippen molar-refractivity contribution < 1.29 is 9.18 Å². The lowest BCUT2D eigenvalue weighted by Crippen LogP contribution is -2.35. The minimum absolute atomic E-state index is 0.205. The van der Waals surface area contributed by atoms with E-state index in [1.807, 2.05) is 6.08 Å². The van der Waals surface area contributed by atoms with Crippen molar-refractivity contribution in [3.05, 3.63) is 41.7 Å². The Balaban J connectivity index is 1.77. The van der Waals surface area contributed by atoms with Crippen molar-refractivity contribution in [1.82, 2.24) is 4.90 Å². The molecule has 0 radical (unpaired) electrons. The van der Waals surface area contributed by atoms with Gasteiger partial charge in [-0.3, -0.25) is 9.69 Å². The third kappa shape index (κ3) is 5.68. The summed E-state index contributed by atoms with van der Waals surface area (Å²) in [6, 6.07) is 6.50. The van der Waals surface area contributed by atoms with E-state index in [1.54, 1.807) is 12.1 Å². The van der Waals surface area contributed by atoms with Crippen LogP contribution in [0.4, 0.5) is 4.39 Å². The van der Waals surface area contributed by atoms with E-state index >= 15 is 0 Å². The van der Waals surface area contributed by atoms with Gasteiger partial charge in [-0.15, -0.1) is 0 Å². The van der Waals surface area contributed by atoms with Crippen LogP contribution in [0.2, 0.25) is 0 Å². The van der Waals surface area contributed by atoms with Gasteiger partial charge in [0.1, 0.15) is 5.82 Å². The summed E-state index contributed by atoms with van der Waals surface area (Å²) in [5, 5.41) is 0. The molecule has 1 aromatic carbocycles. The smallest absolute Gasteiger partial charge is 0.217 e. The summed E-state index contributed by atoms with van der Waals surface area (Å²) in [6.07, 6.45) is 7.88. The van der Waals surface area contributed by atoms with Crippen LogP contribution < -0.4 is 5.73 Å². The maximum absolute atomic E-state index is 12.8. The number of benzene rings is 1. The normalized spacial score (nSPS) is 20.0. The Labute approximate surface area is 125 Å². The zero-order valence-corrected chi connectivity index (χ0v) is 12.3. The first-order chi connectivity index (χ1) is 10.1. The highest BCUT2D eigenvalue weighted by Crippen LogP contribution is 2.20. The van der Waals surface area contributed by atoms with Gasteiger partial charge < -0.3 is 5.73 Å². The van der Waals surface area contributed by atoms with E-state index in [0.29, 0.717) is 12.3 Å². The van der Waals surface area contributed by atoms with Gasteiger partial charge in [0, 0.05) is 19.5 Å². The summed E-state index contributed by atoms with van der Waals surface area (Å²) in [4.78, 5) is 13.2. The third-order valence-corrected chi connectivity index (χ3v) is 3.95. The predicted octanol–water partition coefficient (Wildman–Crippen LogP) is 2.82. The van der Waals surface area contributed by atoms with Gasteiger partial charge in [0.15, 0.2) is 0 Å². The van der Waals surface area contributed by atoms with Gasteiger partial charge >= 0.3 is 0 Å². The highest BCUT2D eigenvalue weighted by molar-refractivity contribution is 5.73. The van der Waals surface area contributed by atoms with Crippen LogP contribution in [0.3, 0.4) is 0 Å². The largest absolute Gasteiger partial charge is 0.370 e. The van der Waals surface area contributed by atoms with Crippen LogP contribution in [-0.2, 0) is 4.79 Å². The van der Waals surface area contributed by atoms with Gasteiger partial charge in [-0.05, 0) is 49.4 Å². The molecule has 1 aliphatic heterocycles. The number of hydrogen-bond donors (Lipinski definition) is 1. The number of nitrogens with two attached hydrogens (primary N) is 1. The molecule has 1 amide bonds. The summed E-state index contributed by atoms with van der Waals surface area (Å²) in [5.74, 6) is 0.161. The molecular formula is C17H23FN2O. The van der Waals surface area contributed by atoms with Crippen LogP contribution in [0.25, 0.3) is 6.08 Å². The number of primary amides is 1. The molecule has 1 heterocycles. The van der Waals surface area contributed by atoms with Crippen molar-refractivity contribution >= 4 is 12.0 Å². The zero-order chi connectivity index (χ0) is 15.1. The SMILES string of the molecule is NC(=O)CC[C@H]1CCCN(C/C=C/c2ccc(F)cc2)C1. The average Bonchev–Trinajstić information content (AvgIpc) is 2.48. The van der Waals surface area contributed by atoms with E-state index in [-0.39, 0.29) is 11.7 Å². The number of carbonyl (C=O) groups excluding carboxylic acids is 1. The standard InChI is InChI=1S/C17H23FN2O/c18-16-8-5-14(6-9-16)3-1-11-20-12-2-4-15(13-20)7-10-17(19)21/h1,3,5-6,8-9,15H,2,4,7,10-13H2,(H2,19,21)/b3-1+/t15-/m1/s1. The molecule has 1 aromatic rings. The van der Waals surface area contributed by atoms with Crippen LogP contribution >= 0.6 is 0 Å². The van der Waals surface area contributed by atoms with Crippen molar-refractivity contribution in [2.45, 2.75) is 25.7 Å². The van der Waals surface area contributed by atoms with Crippen LogP contribution in [0.5, 0.6) is 0 Å². The summed E-state index contributed by atoms with van der Waals surface area (Å²) < 4.78 is 12.8. The molecule has 0 saturated carbocycles. The Morgan fingerprint density at radius 3 is 2.86 bits per heavy atom. The van der Waals surface area contributed by atoms with Crippen molar-refractivity contribution in [3.63, 3.8) is 0 Å². The Hall–Kier alpha value is -1.68. The maximum atomic E-state index is 12.8. The van der Waals surface area contributed by atoms with E-state index in [0.717, 1.165) is 31.6 Å². The quantitative estimate of drug-likeness (QED) is 0.875. The molecule has 0 unspecified atom stereocenters. The summed E-state index contributed by atoms with van der Waals surface area (Å²) in [7, 11) is 0. The highest BCUT2D eigenvalue weighted by atomic mass is 19.1. The molecule has 1 fully saturated rings. The monoisotopic (exact) mass is 290 g/mol. The Bertz CT molecular complexity index is 484. The molecule has 0 aliphatic carbocycles. The molecule has 0 aromatic heterocycles. The van der Waals surface area contributed by atoms with Crippen molar-refractivity contribution in [3.8, 4) is 0 Å². The van der Waals surface area contributed by atoms with Gasteiger partial charge in [0.05, 0.1) is 0 Å². The number of rotatable bonds is 6. The molecule has 2 N–H and O–H groups in total. The Morgan fingerprint density at radius 2 is 2.14 bits per heavy atom. The minimum atomic E-state index is -0.208. The molecule has 114 valence electrons. The lowest BCUT2D eigenvalue weighted by Gasteiger charge is -2.31. The lowest BCUT2D eigenvalue weighted by atomic mass is 9.93. The Kier molecular flexibility index (Phi) is 5.93. The van der Waals surface area contributed by atoms with Crippen molar-refractivity contribution in [1.29, 1.82) is 0 Å². The fourth-order valence-corrected chi connectivity index (χ4v) is 2.81. The Morgan fingerprint density at radius 1 is 1.38 bits per heavy atom. The third-order valence-electron chi connectivity index (χ3n) is 3.95. The lowest BCUT2D eigenvalue weighted by molar-refractivity contribution is -0.118. The second kappa shape index (κ2) is 7.93. The first-order valence-corrected chi connectivity index (χ1v) is 7.56. The van der Waals surface area contributed by atoms with Gasteiger partial charge in [-0.1, -0.05) is 24.3 Å². The second-order valence-corrected chi connectivity index (χ2v) is 5.73. The fourth-order valence-electron chi connectivity index (χ4n) is 2.81. The van der Waals surface area contributed by atoms with Crippen molar-refractivity contribution in [2.75, 3.05) is 19.6 Å². The topological polar surface area (TPSA) is 46.3 Å². The van der Waals surface area contributed by atoms with E-state index < -0.39 is 0 Å². The molecule has 3 nitrogen and oxygen atoms in total. The second-order valence-electron chi connectivity index (χ2n) is 5.73. The van der Waals surface area contributed by atoms with Crippen LogP contribution in [0.1, 0.15) is 31.2 Å². The molecular weight excluding hydrogens is 267 g/mol. The first kappa shape index (κ1) is 15.7. The van der Waals surface area contributed by atoms with Gasteiger partial charge in [-0.25, -0.2) is 4.39 Å². The predicted molar refractivity (Wildman–Crippen MR) is 83.0 cm³/mol. The summed E-state index contributed by atoms with van der Waals surface area (Å²) in [5.41, 5.74) is 6.22. The minimum Gasteiger partial charge on any atom is -0.370 e. The molecule has 21 heavy (non-hydrogen) atoms. The van der Waals surface area contributed by atoms with Gasteiger partial charge in [0.2, 0.25) is 5.91 Å². The molecule has 1 atom stereocenters. The molecule has 0 bridgehead atoms. The van der Waals surface area contributed by atoms with E-state index in [2.05, 4.69) is 11.0 Å². The number of hydrogen-bond acceptors (Lipinski definition) is 2. The molecule has 0 spiro atoms. The van der Waals surface area contributed by atoms with E-state index in [1.165, 1.54) is 25.0 Å². The zero-order valence-electron chi connectivity index (χ0n) is 12.3. The average molecular weight is 290 g/mol. The summed E-state index contributed by atoms with van der Waals surface area (Å²) >= 11 is 0. The van der Waals surface area contributed by atoms with Gasteiger partial charge in [0.25, 0.3) is 0 Å². The number of nitrogens with zero attached hydrogens (tertiary/aromatic N) is 1. The summed E-state index contributed by atoms with van der Waals surface area (Å²) in [6.45, 7) is 3.02. The molecule has 4 heteroatoms. The maximum Gasteiger partial charge on any atom is 0.217 e. The van der Waals surface area contributed by atoms with Crippen LogP contribution in [-0.4, -0.2) is 30.4 Å². The van der Waals surface area contributed by atoms with Crippen LogP contribution in [0.15, 0.2) is 30.3 Å². The number of likely N-dealkylation sites (tertiary alicyclic amines) is 1. The highest BCUT2D eigenvalue weighted by Gasteiger charge is 2.19. The van der Waals surface area contributed by atoms with Crippen molar-refractivity contribution in [2.24, 2.45) is 11.7 Å². The van der Waals surface area contributed by atoms with Gasteiger partial charge in [-0.2, -0.15) is 0 Å². The van der Waals surface area contributed by atoms with E-state index in [4.69, 9.17) is 5.73 Å².